The van der Waals surface area contributed by atoms with E-state index >= 15 is 0 Å². The summed E-state index contributed by atoms with van der Waals surface area (Å²) in [5.41, 5.74) is 10.1. The van der Waals surface area contributed by atoms with Crippen LogP contribution in [0.4, 0.5) is 0 Å². The highest BCUT2D eigenvalue weighted by atomic mass is 32.1. The Morgan fingerprint density at radius 1 is 1.24 bits per heavy atom. The van der Waals surface area contributed by atoms with Crippen molar-refractivity contribution in [3.05, 3.63) is 66.9 Å². The molecule has 1 fully saturated rings. The van der Waals surface area contributed by atoms with Gasteiger partial charge >= 0.3 is 0 Å². The second-order valence-electron chi connectivity index (χ2n) is 10.2. The van der Waals surface area contributed by atoms with Crippen LogP contribution in [-0.4, -0.2) is 47.4 Å². The van der Waals surface area contributed by atoms with Crippen molar-refractivity contribution in [2.24, 2.45) is 11.7 Å². The highest BCUT2D eigenvalue weighted by Crippen LogP contribution is 2.29. The van der Waals surface area contributed by atoms with Crippen LogP contribution in [0.3, 0.4) is 0 Å². The first kappa shape index (κ1) is 26.2. The van der Waals surface area contributed by atoms with Gasteiger partial charge in [0.2, 0.25) is 0 Å². The summed E-state index contributed by atoms with van der Waals surface area (Å²) >= 11 is 5.88. The van der Waals surface area contributed by atoms with Crippen molar-refractivity contribution in [2.45, 2.75) is 70.1 Å². The molecule has 38 heavy (non-hydrogen) atoms. The Kier molecular flexibility index (Phi) is 7.93. The van der Waals surface area contributed by atoms with Crippen molar-refractivity contribution in [1.82, 2.24) is 29.6 Å². The van der Waals surface area contributed by atoms with E-state index in [0.717, 1.165) is 59.4 Å². The summed E-state index contributed by atoms with van der Waals surface area (Å²) in [6.07, 6.45) is 12.3. The van der Waals surface area contributed by atoms with Crippen molar-refractivity contribution in [3.8, 4) is 17.3 Å². The number of nitrogens with two attached hydrogens (primary N) is 1. The molecule has 0 saturated carbocycles. The molecule has 5 atom stereocenters. The maximum Gasteiger partial charge on any atom is 0.153 e. The fourth-order valence-corrected chi connectivity index (χ4v) is 5.77. The Morgan fingerprint density at radius 2 is 2.05 bits per heavy atom. The van der Waals surface area contributed by atoms with Gasteiger partial charge in [-0.25, -0.2) is 9.97 Å². The van der Waals surface area contributed by atoms with Crippen LogP contribution in [0.15, 0.2) is 61.3 Å². The van der Waals surface area contributed by atoms with E-state index < -0.39 is 0 Å². The molecule has 0 aliphatic carbocycles. The number of nitrogens with zero attached hydrogens (tertiary/aromatic N) is 6. The lowest BCUT2D eigenvalue weighted by molar-refractivity contribution is 0.401. The van der Waals surface area contributed by atoms with E-state index in [2.05, 4.69) is 52.4 Å². The van der Waals surface area contributed by atoms with E-state index in [1.165, 1.54) is 5.56 Å². The minimum Gasteiger partial charge on any atom is -0.327 e. The number of nitriles is 1. The Labute approximate surface area is 228 Å². The van der Waals surface area contributed by atoms with Gasteiger partial charge in [0.05, 0.1) is 22.9 Å². The zero-order chi connectivity index (χ0) is 26.6. The molecule has 4 heterocycles. The van der Waals surface area contributed by atoms with Gasteiger partial charge in [0.1, 0.15) is 12.0 Å². The summed E-state index contributed by atoms with van der Waals surface area (Å²) < 4.78 is 3.70. The number of fused-ring (bicyclic) bond motifs is 1. The maximum atomic E-state index is 9.96. The first-order valence-corrected chi connectivity index (χ1v) is 13.8. The molecule has 0 bridgehead atoms. The third kappa shape index (κ3) is 5.25. The third-order valence-corrected chi connectivity index (χ3v) is 8.22. The van der Waals surface area contributed by atoms with Crippen LogP contribution in [0, 0.1) is 17.2 Å². The number of hydrogen-bond donors (Lipinski definition) is 2. The van der Waals surface area contributed by atoms with Crippen LogP contribution in [-0.2, 0) is 6.42 Å². The lowest BCUT2D eigenvalue weighted by Crippen LogP contribution is -2.37. The molecular weight excluding hydrogens is 492 g/mol. The largest absolute Gasteiger partial charge is 0.327 e. The summed E-state index contributed by atoms with van der Waals surface area (Å²) in [7, 11) is 0. The minimum absolute atomic E-state index is 0.0335. The van der Waals surface area contributed by atoms with E-state index in [1.54, 1.807) is 17.2 Å². The van der Waals surface area contributed by atoms with Crippen LogP contribution in [0.5, 0.6) is 0 Å². The monoisotopic (exact) mass is 526 g/mol. The third-order valence-electron chi connectivity index (χ3n) is 7.65. The molecule has 0 spiro atoms. The van der Waals surface area contributed by atoms with E-state index in [4.69, 9.17) is 18.0 Å². The molecule has 3 aromatic heterocycles. The molecule has 4 aromatic rings. The van der Waals surface area contributed by atoms with Crippen LogP contribution >= 0.6 is 12.2 Å². The highest BCUT2D eigenvalue weighted by molar-refractivity contribution is 7.80. The molecule has 1 saturated heterocycles. The van der Waals surface area contributed by atoms with Gasteiger partial charge in [-0.3, -0.25) is 9.25 Å². The number of aromatic nitrogens is 5. The number of rotatable bonds is 9. The zero-order valence-corrected chi connectivity index (χ0v) is 22.7. The second kappa shape index (κ2) is 11.5. The quantitative estimate of drug-likeness (QED) is 0.305. The smallest absolute Gasteiger partial charge is 0.153 e. The molecular formula is C29H34N8S. The molecule has 1 aromatic carbocycles. The highest BCUT2D eigenvalue weighted by Gasteiger charge is 2.31. The number of thiocarbonyl (C=S) groups is 1. The summed E-state index contributed by atoms with van der Waals surface area (Å²) in [4.78, 5) is 9.85. The fraction of sp³-hybridized carbons (Fsp3) is 0.414. The average molecular weight is 527 g/mol. The molecule has 0 radical (unpaired) electrons. The Morgan fingerprint density at radius 3 is 2.82 bits per heavy atom. The SMILES string of the molecule is CCC[C@H]1CCC([C@@H](C#N)n2cc(-c3ncnc4c3ccn4C(=S)[C@@H](C)[C@@H](N)Cc3ccccc3)cn2)N1. The van der Waals surface area contributed by atoms with Gasteiger partial charge in [-0.15, -0.1) is 0 Å². The van der Waals surface area contributed by atoms with E-state index in [1.807, 2.05) is 41.2 Å². The first-order chi connectivity index (χ1) is 18.5. The summed E-state index contributed by atoms with van der Waals surface area (Å²) in [5, 5.41) is 19.0. The predicted molar refractivity (Wildman–Crippen MR) is 154 cm³/mol. The molecule has 1 unspecified atom stereocenters. The Hall–Kier alpha value is -3.45. The standard InChI is InChI=1S/C29H34N8S/c1-3-7-22-10-11-25(35-22)26(15-30)37-17-21(16-34-37)27-23-12-13-36(28(23)33-18-32-27)29(38)19(2)24(31)14-20-8-5-4-6-9-20/h4-6,8-9,12-13,16-19,22,24-26,35H,3,7,10-11,14,31H2,1-2H3/t19-,22-,24-,25?,26+/m0/s1. The van der Waals surface area contributed by atoms with Gasteiger partial charge in [0.25, 0.3) is 0 Å². The number of nitrogens with one attached hydrogen (secondary N) is 1. The van der Waals surface area contributed by atoms with Crippen LogP contribution in [0.25, 0.3) is 22.3 Å². The molecule has 8 nitrogen and oxygen atoms in total. The van der Waals surface area contributed by atoms with E-state index in [-0.39, 0.29) is 24.0 Å². The van der Waals surface area contributed by atoms with Gasteiger partial charge in [-0.2, -0.15) is 10.4 Å². The first-order valence-electron chi connectivity index (χ1n) is 13.4. The lowest BCUT2D eigenvalue weighted by Gasteiger charge is -2.22. The molecule has 9 heteroatoms. The second-order valence-corrected chi connectivity index (χ2v) is 10.7. The molecule has 0 amide bonds. The van der Waals surface area contributed by atoms with Gasteiger partial charge < -0.3 is 11.1 Å². The summed E-state index contributed by atoms with van der Waals surface area (Å²) in [6, 6.07) is 14.8. The average Bonchev–Trinajstić information content (AvgIpc) is 3.69. The van der Waals surface area contributed by atoms with Crippen molar-refractivity contribution >= 4 is 28.2 Å². The Bertz CT molecular complexity index is 1440. The Balaban J connectivity index is 1.36. The van der Waals surface area contributed by atoms with Crippen LogP contribution < -0.4 is 11.1 Å². The van der Waals surface area contributed by atoms with Gasteiger partial charge in [-0.1, -0.05) is 62.8 Å². The number of benzene rings is 1. The normalized spacial score (nSPS) is 19.7. The topological polar surface area (TPSA) is 110 Å². The molecule has 5 rings (SSSR count). The summed E-state index contributed by atoms with van der Waals surface area (Å²) in [5.74, 6) is -0.0335. The fourth-order valence-electron chi connectivity index (χ4n) is 5.45. The van der Waals surface area contributed by atoms with Crippen molar-refractivity contribution in [1.29, 1.82) is 5.26 Å². The minimum atomic E-state index is -0.368. The lowest BCUT2D eigenvalue weighted by atomic mass is 9.95. The maximum absolute atomic E-state index is 9.96. The molecule has 196 valence electrons. The summed E-state index contributed by atoms with van der Waals surface area (Å²) in [6.45, 7) is 4.26. The van der Waals surface area contributed by atoms with Crippen molar-refractivity contribution in [2.75, 3.05) is 0 Å². The van der Waals surface area contributed by atoms with Crippen molar-refractivity contribution in [3.63, 3.8) is 0 Å². The number of hydrogen-bond acceptors (Lipinski definition) is 7. The van der Waals surface area contributed by atoms with Gasteiger partial charge in [-0.05, 0) is 37.3 Å². The predicted octanol–water partition coefficient (Wildman–Crippen LogP) is 4.66. The van der Waals surface area contributed by atoms with Gasteiger partial charge in [0.15, 0.2) is 6.04 Å². The van der Waals surface area contributed by atoms with E-state index in [9.17, 15) is 5.26 Å². The van der Waals surface area contributed by atoms with E-state index in [0.29, 0.717) is 6.04 Å². The van der Waals surface area contributed by atoms with Crippen molar-refractivity contribution < 1.29 is 0 Å². The van der Waals surface area contributed by atoms with Crippen LogP contribution in [0.1, 0.15) is 51.1 Å². The van der Waals surface area contributed by atoms with Gasteiger partial charge in [0, 0.05) is 47.4 Å². The zero-order valence-electron chi connectivity index (χ0n) is 21.9. The van der Waals surface area contributed by atoms with Crippen LogP contribution in [0.2, 0.25) is 0 Å². The molecule has 3 N–H and O–H groups in total. The molecule has 1 aliphatic heterocycles. The molecule has 1 aliphatic rings.